The van der Waals surface area contributed by atoms with Crippen LogP contribution in [-0.4, -0.2) is 31.0 Å². The van der Waals surface area contributed by atoms with E-state index in [1.165, 1.54) is 11.3 Å². The molecule has 6 heteroatoms. The molecule has 2 N–H and O–H groups in total. The molecule has 0 spiro atoms. The van der Waals surface area contributed by atoms with Gasteiger partial charge in [0, 0.05) is 32.0 Å². The van der Waals surface area contributed by atoms with Gasteiger partial charge in [-0.15, -0.1) is 10.2 Å². The first-order chi connectivity index (χ1) is 9.28. The van der Waals surface area contributed by atoms with E-state index in [2.05, 4.69) is 44.1 Å². The van der Waals surface area contributed by atoms with Crippen molar-refractivity contribution in [1.29, 1.82) is 0 Å². The molecule has 1 aliphatic rings. The minimum atomic E-state index is 0.483. The Bertz CT molecular complexity index is 542. The Balaban J connectivity index is 1.64. The van der Waals surface area contributed by atoms with Crippen molar-refractivity contribution in [3.8, 4) is 0 Å². The lowest BCUT2D eigenvalue weighted by atomic mass is 10.1. The molecular formula is C13H20N6. The number of nitrogens with zero attached hydrogens (tertiary/aromatic N) is 4. The fourth-order valence-electron chi connectivity index (χ4n) is 2.61. The lowest BCUT2D eigenvalue weighted by molar-refractivity contribution is 0.371. The first kappa shape index (κ1) is 12.3. The summed E-state index contributed by atoms with van der Waals surface area (Å²) in [5, 5.41) is 19.2. The van der Waals surface area contributed by atoms with Gasteiger partial charge in [-0.05, 0) is 18.9 Å². The maximum absolute atomic E-state index is 4.26. The van der Waals surface area contributed by atoms with Crippen LogP contribution in [-0.2, 0) is 25.9 Å². The molecule has 3 rings (SSSR count). The number of aryl methyl sites for hydroxylation is 3. The summed E-state index contributed by atoms with van der Waals surface area (Å²) >= 11 is 0. The molecule has 6 nitrogen and oxygen atoms in total. The summed E-state index contributed by atoms with van der Waals surface area (Å²) in [5.74, 6) is 2.23. The van der Waals surface area contributed by atoms with Crippen molar-refractivity contribution in [3.63, 3.8) is 0 Å². The van der Waals surface area contributed by atoms with Gasteiger partial charge in [0.05, 0.1) is 11.9 Å². The lowest BCUT2D eigenvalue weighted by Crippen LogP contribution is -2.37. The molecule has 3 heterocycles. The van der Waals surface area contributed by atoms with Crippen molar-refractivity contribution in [2.45, 2.75) is 52.2 Å². The van der Waals surface area contributed by atoms with Crippen LogP contribution in [0, 0.1) is 6.92 Å². The van der Waals surface area contributed by atoms with Crippen LogP contribution in [0.4, 0.5) is 0 Å². The van der Waals surface area contributed by atoms with Crippen LogP contribution in [0.15, 0.2) is 6.20 Å². The van der Waals surface area contributed by atoms with E-state index >= 15 is 0 Å². The number of aromatic amines is 1. The van der Waals surface area contributed by atoms with Crippen LogP contribution >= 0.6 is 0 Å². The molecule has 102 valence electrons. The number of H-pyrrole nitrogens is 1. The fraction of sp³-hybridized carbons (Fsp3) is 0.615. The standard InChI is InChI=1S/C13H20N6/c1-3-12-17-18-13-5-4-10(8-19(12)13)14-7-11-9(2)6-15-16-11/h6,10,14H,3-5,7-8H2,1-2H3,(H,15,16). The average Bonchev–Trinajstić information content (AvgIpc) is 3.02. The second kappa shape index (κ2) is 5.13. The van der Waals surface area contributed by atoms with E-state index in [1.54, 1.807) is 0 Å². The van der Waals surface area contributed by atoms with Gasteiger partial charge < -0.3 is 9.88 Å². The maximum atomic E-state index is 4.26. The molecule has 0 saturated carbocycles. The largest absolute Gasteiger partial charge is 0.313 e. The van der Waals surface area contributed by atoms with Crippen LogP contribution in [0.5, 0.6) is 0 Å². The highest BCUT2D eigenvalue weighted by atomic mass is 15.3. The Labute approximate surface area is 112 Å². The van der Waals surface area contributed by atoms with Gasteiger partial charge in [-0.25, -0.2) is 0 Å². The Kier molecular flexibility index (Phi) is 3.33. The third kappa shape index (κ3) is 2.40. The van der Waals surface area contributed by atoms with Crippen molar-refractivity contribution < 1.29 is 0 Å². The smallest absolute Gasteiger partial charge is 0.133 e. The van der Waals surface area contributed by atoms with E-state index < -0.39 is 0 Å². The summed E-state index contributed by atoms with van der Waals surface area (Å²) in [5.41, 5.74) is 2.38. The van der Waals surface area contributed by atoms with Crippen molar-refractivity contribution in [2.24, 2.45) is 0 Å². The minimum Gasteiger partial charge on any atom is -0.313 e. The molecule has 0 amide bonds. The van der Waals surface area contributed by atoms with Crippen molar-refractivity contribution in [3.05, 3.63) is 29.1 Å². The van der Waals surface area contributed by atoms with Crippen molar-refractivity contribution in [1.82, 2.24) is 30.3 Å². The van der Waals surface area contributed by atoms with Gasteiger partial charge in [-0.3, -0.25) is 5.10 Å². The van der Waals surface area contributed by atoms with Crippen LogP contribution in [0.1, 0.15) is 36.3 Å². The van der Waals surface area contributed by atoms with Gasteiger partial charge in [-0.1, -0.05) is 6.92 Å². The summed E-state index contributed by atoms with van der Waals surface area (Å²) in [7, 11) is 0. The summed E-state index contributed by atoms with van der Waals surface area (Å²) in [6, 6.07) is 0.483. The van der Waals surface area contributed by atoms with Gasteiger partial charge >= 0.3 is 0 Å². The number of rotatable bonds is 4. The number of hydrogen-bond donors (Lipinski definition) is 2. The number of fused-ring (bicyclic) bond motifs is 1. The molecule has 0 fully saturated rings. The molecule has 2 aromatic heterocycles. The lowest BCUT2D eigenvalue weighted by Gasteiger charge is -2.25. The molecule has 0 bridgehead atoms. The maximum Gasteiger partial charge on any atom is 0.133 e. The van der Waals surface area contributed by atoms with E-state index in [9.17, 15) is 0 Å². The van der Waals surface area contributed by atoms with E-state index in [4.69, 9.17) is 0 Å². The highest BCUT2D eigenvalue weighted by molar-refractivity contribution is 5.13. The van der Waals surface area contributed by atoms with Crippen LogP contribution in [0.3, 0.4) is 0 Å². The van der Waals surface area contributed by atoms with Gasteiger partial charge in [0.25, 0.3) is 0 Å². The quantitative estimate of drug-likeness (QED) is 0.859. The predicted octanol–water partition coefficient (Wildman–Crippen LogP) is 0.977. The summed E-state index contributed by atoms with van der Waals surface area (Å²) in [6.45, 7) is 6.02. The zero-order valence-corrected chi connectivity index (χ0v) is 11.5. The molecule has 2 aromatic rings. The predicted molar refractivity (Wildman–Crippen MR) is 71.7 cm³/mol. The van der Waals surface area contributed by atoms with Gasteiger partial charge in [0.1, 0.15) is 11.6 Å². The average molecular weight is 260 g/mol. The summed E-state index contributed by atoms with van der Waals surface area (Å²) in [6.07, 6.45) is 4.94. The highest BCUT2D eigenvalue weighted by Gasteiger charge is 2.21. The Morgan fingerprint density at radius 3 is 3.11 bits per heavy atom. The zero-order valence-electron chi connectivity index (χ0n) is 11.5. The van der Waals surface area contributed by atoms with Gasteiger partial charge in [0.2, 0.25) is 0 Å². The first-order valence-corrected chi connectivity index (χ1v) is 6.91. The van der Waals surface area contributed by atoms with Gasteiger partial charge in [-0.2, -0.15) is 5.10 Å². The summed E-state index contributed by atoms with van der Waals surface area (Å²) < 4.78 is 2.26. The monoisotopic (exact) mass is 260 g/mol. The first-order valence-electron chi connectivity index (χ1n) is 6.91. The number of hydrogen-bond acceptors (Lipinski definition) is 4. The van der Waals surface area contributed by atoms with E-state index in [0.29, 0.717) is 6.04 Å². The Morgan fingerprint density at radius 2 is 2.37 bits per heavy atom. The topological polar surface area (TPSA) is 71.4 Å². The van der Waals surface area contributed by atoms with Crippen molar-refractivity contribution >= 4 is 0 Å². The van der Waals surface area contributed by atoms with E-state index in [0.717, 1.165) is 44.0 Å². The molecule has 0 aromatic carbocycles. The van der Waals surface area contributed by atoms with Crippen molar-refractivity contribution in [2.75, 3.05) is 0 Å². The SMILES string of the molecule is CCc1nnc2n1CC(NCc1[nH]ncc1C)CC2. The molecule has 1 atom stereocenters. The molecule has 0 saturated heterocycles. The molecular weight excluding hydrogens is 240 g/mol. The molecule has 0 aliphatic carbocycles. The minimum absolute atomic E-state index is 0.483. The third-order valence-corrected chi connectivity index (χ3v) is 3.84. The Hall–Kier alpha value is -1.69. The van der Waals surface area contributed by atoms with E-state index in [-0.39, 0.29) is 0 Å². The molecule has 1 unspecified atom stereocenters. The molecule has 0 radical (unpaired) electrons. The molecule has 19 heavy (non-hydrogen) atoms. The number of aromatic nitrogens is 5. The second-order valence-electron chi connectivity index (χ2n) is 5.14. The Morgan fingerprint density at radius 1 is 1.47 bits per heavy atom. The highest BCUT2D eigenvalue weighted by Crippen LogP contribution is 2.16. The van der Waals surface area contributed by atoms with Crippen LogP contribution in [0.25, 0.3) is 0 Å². The van der Waals surface area contributed by atoms with E-state index in [1.807, 2.05) is 6.20 Å². The fourth-order valence-corrected chi connectivity index (χ4v) is 2.61. The summed E-state index contributed by atoms with van der Waals surface area (Å²) in [4.78, 5) is 0. The number of nitrogens with one attached hydrogen (secondary N) is 2. The van der Waals surface area contributed by atoms with Gasteiger partial charge in [0.15, 0.2) is 0 Å². The van der Waals surface area contributed by atoms with Crippen LogP contribution in [0.2, 0.25) is 0 Å². The third-order valence-electron chi connectivity index (χ3n) is 3.84. The normalized spacial score (nSPS) is 18.5. The molecule has 1 aliphatic heterocycles. The second-order valence-corrected chi connectivity index (χ2v) is 5.14. The zero-order chi connectivity index (χ0) is 13.2. The van der Waals surface area contributed by atoms with Crippen LogP contribution < -0.4 is 5.32 Å².